The minimum absolute atomic E-state index is 0.0213. The molecule has 3 unspecified atom stereocenters. The fourth-order valence-corrected chi connectivity index (χ4v) is 9.24. The second kappa shape index (κ2) is 57.6. The molecule has 9 nitrogen and oxygen atoms in total. The fraction of sp³-hybridized carbons (Fsp3) is 0.681. The molecule has 0 aliphatic rings. The zero-order valence-electron chi connectivity index (χ0n) is 51.6. The molecular formula is C69H120N2O7P+. The van der Waals surface area contributed by atoms with Crippen LogP contribution in [0.4, 0.5) is 0 Å². The number of carbonyl (C=O) groups excluding carboxylic acids is 2. The number of likely N-dealkylation sites (N-methyl/N-ethyl adjacent to an activating group) is 1. The summed E-state index contributed by atoms with van der Waals surface area (Å²) in [6.07, 6.45) is 80.6. The lowest BCUT2D eigenvalue weighted by Crippen LogP contribution is -2.47. The van der Waals surface area contributed by atoms with Gasteiger partial charge in [0.2, 0.25) is 5.91 Å². The Morgan fingerprint density at radius 2 is 0.823 bits per heavy atom. The maximum atomic E-state index is 13.6. The predicted molar refractivity (Wildman–Crippen MR) is 341 cm³/mol. The van der Waals surface area contributed by atoms with Crippen LogP contribution >= 0.6 is 7.82 Å². The van der Waals surface area contributed by atoms with E-state index in [-0.39, 0.29) is 25.5 Å². The zero-order valence-corrected chi connectivity index (χ0v) is 52.5. The molecular weight excluding hydrogens is 1000 g/mol. The van der Waals surface area contributed by atoms with Crippen molar-refractivity contribution in [1.29, 1.82) is 0 Å². The lowest BCUT2D eigenvalue weighted by molar-refractivity contribution is -0.870. The number of hydrogen-bond donors (Lipinski definition) is 2. The fourth-order valence-electron chi connectivity index (χ4n) is 8.50. The Kier molecular flexibility index (Phi) is 55.0. The summed E-state index contributed by atoms with van der Waals surface area (Å²) in [5, 5.41) is 3.03. The third kappa shape index (κ3) is 58.9. The first kappa shape index (κ1) is 75.4. The molecule has 0 spiro atoms. The zero-order chi connectivity index (χ0) is 57.9. The van der Waals surface area contributed by atoms with E-state index in [0.29, 0.717) is 23.9 Å². The molecule has 0 aliphatic heterocycles. The number of phosphoric ester groups is 1. The SMILES string of the molecule is CC/C=C\C/C=C\C/C=C\C/C=C\C/C=C\C/C=C\CCC(=O)OC(/C=C/CCCCCCCCCCCCC)C(COP(=O)(O)OCC[N+](C)(C)C)NC(=O)CCCCCCCCCC/C=C\C/C=C\C/C=C\CCCCC. The number of esters is 1. The Morgan fingerprint density at radius 1 is 0.456 bits per heavy atom. The van der Waals surface area contributed by atoms with E-state index >= 15 is 0 Å². The van der Waals surface area contributed by atoms with Gasteiger partial charge < -0.3 is 19.4 Å². The Morgan fingerprint density at radius 3 is 1.27 bits per heavy atom. The average molecular weight is 1120 g/mol. The van der Waals surface area contributed by atoms with Crippen LogP contribution in [-0.4, -0.2) is 74.3 Å². The Labute approximate surface area is 486 Å². The lowest BCUT2D eigenvalue weighted by Gasteiger charge is -2.27. The van der Waals surface area contributed by atoms with Gasteiger partial charge in [-0.25, -0.2) is 4.57 Å². The molecule has 0 aromatic carbocycles. The van der Waals surface area contributed by atoms with Crippen LogP contribution < -0.4 is 5.32 Å². The molecule has 0 aromatic rings. The summed E-state index contributed by atoms with van der Waals surface area (Å²) >= 11 is 0. The summed E-state index contributed by atoms with van der Waals surface area (Å²) in [6.45, 7) is 6.81. The largest absolute Gasteiger partial charge is 0.472 e. The van der Waals surface area contributed by atoms with Crippen molar-refractivity contribution in [2.24, 2.45) is 0 Å². The van der Waals surface area contributed by atoms with Crippen molar-refractivity contribution < 1.29 is 37.3 Å². The molecule has 10 heteroatoms. The number of carbonyl (C=O) groups is 2. The normalized spacial score (nSPS) is 14.5. The Hall–Kier alpha value is -3.59. The Balaban J connectivity index is 5.39. The second-order valence-electron chi connectivity index (χ2n) is 22.2. The van der Waals surface area contributed by atoms with E-state index in [2.05, 4.69) is 129 Å². The quantitative estimate of drug-likeness (QED) is 0.0205. The van der Waals surface area contributed by atoms with E-state index in [0.717, 1.165) is 103 Å². The van der Waals surface area contributed by atoms with Gasteiger partial charge in [0.05, 0.1) is 33.8 Å². The van der Waals surface area contributed by atoms with Crippen LogP contribution in [0.15, 0.2) is 122 Å². The van der Waals surface area contributed by atoms with Crippen molar-refractivity contribution in [2.75, 3.05) is 40.9 Å². The number of phosphoric acid groups is 1. The molecule has 0 bridgehead atoms. The van der Waals surface area contributed by atoms with Crippen molar-refractivity contribution >= 4 is 19.7 Å². The third-order valence-corrected chi connectivity index (χ3v) is 14.4. The molecule has 0 rings (SSSR count). The van der Waals surface area contributed by atoms with Gasteiger partial charge in [0, 0.05) is 12.8 Å². The molecule has 0 fully saturated rings. The number of ether oxygens (including phenoxy) is 1. The standard InChI is InChI=1S/C69H119N2O7P/c1-7-10-13-16-19-22-25-28-30-32-34-35-37-38-40-43-46-49-52-55-58-61-68(72)70-66(65-77-79(74,75)76-64-63-71(4,5)6)67(60-57-54-51-48-45-42-27-24-21-18-15-12-9-3)78-69(73)62-59-56-53-50-47-44-41-39-36-33-31-29-26-23-20-17-14-11-8-2/h11,14,19-20,22-23,28-31,34-36,39,44,47,53,56-57,60,66-67H,7-10,12-13,15-18,21,24-27,32-33,37-38,40-43,45-46,48-52,54-55,58-59,61-65H2,1-6H3,(H-,70,72,74,75)/p+1/b14-11-,22-19-,23-20-,30-28-,31-29-,35-34-,39-36-,47-44-,56-53-,60-57+. The van der Waals surface area contributed by atoms with Crippen LogP contribution in [0.2, 0.25) is 0 Å². The number of nitrogens with one attached hydrogen (secondary N) is 1. The minimum atomic E-state index is -4.48. The van der Waals surface area contributed by atoms with Crippen molar-refractivity contribution in [2.45, 2.75) is 264 Å². The van der Waals surface area contributed by atoms with Gasteiger partial charge in [-0.3, -0.25) is 18.6 Å². The molecule has 3 atom stereocenters. The van der Waals surface area contributed by atoms with Crippen LogP contribution in [0.3, 0.4) is 0 Å². The average Bonchev–Trinajstić information content (AvgIpc) is 3.41. The van der Waals surface area contributed by atoms with E-state index in [1.807, 2.05) is 39.4 Å². The molecule has 452 valence electrons. The summed E-state index contributed by atoms with van der Waals surface area (Å²) in [4.78, 5) is 37.7. The number of amides is 1. The van der Waals surface area contributed by atoms with Crippen molar-refractivity contribution in [1.82, 2.24) is 5.32 Å². The van der Waals surface area contributed by atoms with Crippen LogP contribution in [0.5, 0.6) is 0 Å². The van der Waals surface area contributed by atoms with Gasteiger partial charge in [-0.1, -0.05) is 252 Å². The summed E-state index contributed by atoms with van der Waals surface area (Å²) in [7, 11) is 1.44. The van der Waals surface area contributed by atoms with Crippen molar-refractivity contribution in [3.05, 3.63) is 122 Å². The van der Waals surface area contributed by atoms with Gasteiger partial charge in [-0.05, 0) is 109 Å². The number of unbranched alkanes of at least 4 members (excludes halogenated alkanes) is 22. The van der Waals surface area contributed by atoms with E-state index in [9.17, 15) is 19.0 Å². The summed E-state index contributed by atoms with van der Waals surface area (Å²) in [5.74, 6) is -0.617. The van der Waals surface area contributed by atoms with Crippen LogP contribution in [0, 0.1) is 0 Å². The molecule has 79 heavy (non-hydrogen) atoms. The highest BCUT2D eigenvalue weighted by Gasteiger charge is 2.30. The molecule has 2 N–H and O–H groups in total. The summed E-state index contributed by atoms with van der Waals surface area (Å²) < 4.78 is 30.7. The van der Waals surface area contributed by atoms with E-state index in [4.69, 9.17) is 13.8 Å². The molecule has 0 heterocycles. The maximum absolute atomic E-state index is 13.6. The molecule has 0 saturated carbocycles. The van der Waals surface area contributed by atoms with Crippen LogP contribution in [-0.2, 0) is 27.9 Å². The summed E-state index contributed by atoms with van der Waals surface area (Å²) in [5.41, 5.74) is 0. The van der Waals surface area contributed by atoms with Gasteiger partial charge in [0.25, 0.3) is 0 Å². The topological polar surface area (TPSA) is 111 Å². The van der Waals surface area contributed by atoms with Crippen LogP contribution in [0.1, 0.15) is 252 Å². The number of quaternary nitrogens is 1. The third-order valence-electron chi connectivity index (χ3n) is 13.4. The van der Waals surface area contributed by atoms with Crippen molar-refractivity contribution in [3.63, 3.8) is 0 Å². The molecule has 1 amide bonds. The highest BCUT2D eigenvalue weighted by Crippen LogP contribution is 2.43. The number of rotatable bonds is 56. The first-order valence-corrected chi connectivity index (χ1v) is 33.4. The van der Waals surface area contributed by atoms with E-state index in [1.165, 1.54) is 109 Å². The predicted octanol–water partition coefficient (Wildman–Crippen LogP) is 19.9. The van der Waals surface area contributed by atoms with Crippen molar-refractivity contribution in [3.8, 4) is 0 Å². The van der Waals surface area contributed by atoms with Gasteiger partial charge in [0.15, 0.2) is 0 Å². The first-order valence-electron chi connectivity index (χ1n) is 31.9. The highest BCUT2D eigenvalue weighted by atomic mass is 31.2. The van der Waals surface area contributed by atoms with Gasteiger partial charge >= 0.3 is 13.8 Å². The minimum Gasteiger partial charge on any atom is -0.456 e. The maximum Gasteiger partial charge on any atom is 0.472 e. The number of allylic oxidation sites excluding steroid dienone is 19. The first-order chi connectivity index (χ1) is 38.4. The Bertz CT molecular complexity index is 1770. The van der Waals surface area contributed by atoms with Gasteiger partial charge in [-0.15, -0.1) is 0 Å². The smallest absolute Gasteiger partial charge is 0.456 e. The number of nitrogens with zero attached hydrogens (tertiary/aromatic N) is 1. The monoisotopic (exact) mass is 1120 g/mol. The molecule has 0 saturated heterocycles. The number of hydrogen-bond acceptors (Lipinski definition) is 6. The highest BCUT2D eigenvalue weighted by molar-refractivity contribution is 7.47. The van der Waals surface area contributed by atoms with E-state index < -0.39 is 25.9 Å². The second-order valence-corrected chi connectivity index (χ2v) is 23.6. The molecule has 0 aliphatic carbocycles. The summed E-state index contributed by atoms with van der Waals surface area (Å²) in [6, 6.07) is -0.892. The van der Waals surface area contributed by atoms with Gasteiger partial charge in [0.1, 0.15) is 19.3 Å². The molecule has 0 radical (unpaired) electrons. The molecule has 0 aromatic heterocycles. The lowest BCUT2D eigenvalue weighted by atomic mass is 10.0. The van der Waals surface area contributed by atoms with E-state index in [1.54, 1.807) is 0 Å². The van der Waals surface area contributed by atoms with Crippen LogP contribution in [0.25, 0.3) is 0 Å². The van der Waals surface area contributed by atoms with Gasteiger partial charge in [-0.2, -0.15) is 0 Å².